The predicted molar refractivity (Wildman–Crippen MR) is 69.6 cm³/mol. The summed E-state index contributed by atoms with van der Waals surface area (Å²) in [7, 11) is 1.25. The number of rotatable bonds is 2. The van der Waals surface area contributed by atoms with Crippen LogP contribution in [0, 0.1) is 18.3 Å². The van der Waals surface area contributed by atoms with Crippen molar-refractivity contribution in [3.8, 4) is 6.07 Å². The molecule has 1 atom stereocenters. The number of carbonyl (C=O) groups is 1. The Kier molecular flexibility index (Phi) is 3.70. The molecule has 0 fully saturated rings. The molecule has 6 heteroatoms. The molecule has 0 saturated carbocycles. The van der Waals surface area contributed by atoms with Crippen molar-refractivity contribution in [2.75, 3.05) is 7.11 Å². The number of hydrogen-bond donors (Lipinski definition) is 1. The maximum atomic E-state index is 11.7. The third-order valence-corrected chi connectivity index (χ3v) is 3.59. The zero-order valence-electron chi connectivity index (χ0n) is 11.4. The minimum absolute atomic E-state index is 0.00393. The molecule has 1 unspecified atom stereocenters. The van der Waals surface area contributed by atoms with Crippen LogP contribution >= 0.6 is 0 Å². The van der Waals surface area contributed by atoms with Gasteiger partial charge in [0.05, 0.1) is 24.2 Å². The number of aliphatic hydroxyl groups is 1. The highest BCUT2D eigenvalue weighted by atomic mass is 16.5. The molecule has 1 aromatic rings. The lowest BCUT2D eigenvalue weighted by molar-refractivity contribution is -0.136. The van der Waals surface area contributed by atoms with Crippen LogP contribution in [0.3, 0.4) is 0 Å². The number of allylic oxidation sites excluding steroid dienone is 1. The van der Waals surface area contributed by atoms with Crippen molar-refractivity contribution in [3.63, 3.8) is 0 Å². The Labute approximate surface area is 116 Å². The fourth-order valence-electron chi connectivity index (χ4n) is 2.33. The summed E-state index contributed by atoms with van der Waals surface area (Å²) in [4.78, 5) is 19.9. The molecular formula is C14H15N3O3. The number of carbonyl (C=O) groups excluding carboxylic acids is 1. The average molecular weight is 273 g/mol. The summed E-state index contributed by atoms with van der Waals surface area (Å²) in [6.07, 6.45) is 3.98. The van der Waals surface area contributed by atoms with Gasteiger partial charge in [0.15, 0.2) is 0 Å². The lowest BCUT2D eigenvalue weighted by Gasteiger charge is -2.31. The van der Waals surface area contributed by atoms with E-state index in [1.165, 1.54) is 7.11 Å². The minimum atomic E-state index is -0.899. The van der Waals surface area contributed by atoms with Gasteiger partial charge in [0, 0.05) is 30.8 Å². The van der Waals surface area contributed by atoms with Gasteiger partial charge < -0.3 is 9.84 Å². The number of aromatic nitrogens is 2. The second-order valence-electron chi connectivity index (χ2n) is 4.81. The molecule has 1 N–H and O–H groups in total. The van der Waals surface area contributed by atoms with Gasteiger partial charge in [-0.1, -0.05) is 0 Å². The van der Waals surface area contributed by atoms with Crippen LogP contribution in [0.25, 0.3) is 0 Å². The third-order valence-electron chi connectivity index (χ3n) is 3.59. The second kappa shape index (κ2) is 5.29. The van der Waals surface area contributed by atoms with Crippen molar-refractivity contribution in [1.29, 1.82) is 5.26 Å². The topological polar surface area (TPSA) is 96.1 Å². The van der Waals surface area contributed by atoms with Crippen molar-refractivity contribution < 1.29 is 14.6 Å². The van der Waals surface area contributed by atoms with Gasteiger partial charge in [-0.05, 0) is 13.3 Å². The van der Waals surface area contributed by atoms with E-state index in [2.05, 4.69) is 20.8 Å². The first-order chi connectivity index (χ1) is 9.52. The van der Waals surface area contributed by atoms with Crippen molar-refractivity contribution in [3.05, 3.63) is 35.1 Å². The van der Waals surface area contributed by atoms with E-state index in [0.717, 1.165) is 0 Å². The van der Waals surface area contributed by atoms with Crippen LogP contribution in [0.1, 0.15) is 30.7 Å². The maximum absolute atomic E-state index is 11.7. The largest absolute Gasteiger partial charge is 0.512 e. The average Bonchev–Trinajstić information content (AvgIpc) is 2.48. The number of esters is 1. The first-order valence-electron chi connectivity index (χ1n) is 6.22. The summed E-state index contributed by atoms with van der Waals surface area (Å²) < 4.78 is 4.66. The molecule has 1 aliphatic rings. The van der Waals surface area contributed by atoms with Crippen LogP contribution in [0.5, 0.6) is 0 Å². The van der Waals surface area contributed by atoms with Crippen molar-refractivity contribution in [1.82, 2.24) is 9.97 Å². The van der Waals surface area contributed by atoms with Crippen LogP contribution in [0.4, 0.5) is 0 Å². The number of aliphatic hydroxyl groups excluding tert-OH is 1. The lowest BCUT2D eigenvalue weighted by Crippen LogP contribution is -2.31. The van der Waals surface area contributed by atoms with Gasteiger partial charge in [-0.3, -0.25) is 0 Å². The number of nitrogens with zero attached hydrogens (tertiary/aromatic N) is 3. The van der Waals surface area contributed by atoms with Gasteiger partial charge in [-0.2, -0.15) is 5.26 Å². The van der Waals surface area contributed by atoms with E-state index in [4.69, 9.17) is 0 Å². The highest BCUT2D eigenvalue weighted by Crippen LogP contribution is 2.40. The van der Waals surface area contributed by atoms with E-state index < -0.39 is 11.4 Å². The van der Waals surface area contributed by atoms with Crippen molar-refractivity contribution in [2.24, 2.45) is 0 Å². The van der Waals surface area contributed by atoms with E-state index in [0.29, 0.717) is 17.8 Å². The normalized spacial score (nSPS) is 22.2. The van der Waals surface area contributed by atoms with Crippen LogP contribution in [-0.2, 0) is 14.9 Å². The van der Waals surface area contributed by atoms with E-state index in [1.54, 1.807) is 19.3 Å². The Morgan fingerprint density at radius 3 is 2.70 bits per heavy atom. The van der Waals surface area contributed by atoms with Crippen LogP contribution in [0.15, 0.2) is 23.7 Å². The van der Waals surface area contributed by atoms with Gasteiger partial charge in [0.25, 0.3) is 0 Å². The quantitative estimate of drug-likeness (QED) is 0.824. The van der Waals surface area contributed by atoms with Gasteiger partial charge in [-0.15, -0.1) is 0 Å². The first-order valence-corrected chi connectivity index (χ1v) is 6.22. The van der Waals surface area contributed by atoms with E-state index in [9.17, 15) is 15.2 Å². The number of nitriles is 1. The van der Waals surface area contributed by atoms with Crippen LogP contribution < -0.4 is 0 Å². The molecule has 104 valence electrons. The zero-order valence-corrected chi connectivity index (χ0v) is 11.4. The number of hydrogen-bond acceptors (Lipinski definition) is 6. The summed E-state index contributed by atoms with van der Waals surface area (Å²) in [6, 6.07) is 2.25. The Balaban J connectivity index is 2.42. The van der Waals surface area contributed by atoms with E-state index in [1.807, 2.05) is 0 Å². The molecule has 0 radical (unpaired) electrons. The van der Waals surface area contributed by atoms with Gasteiger partial charge in [0.2, 0.25) is 0 Å². The molecule has 0 amide bonds. The molecule has 20 heavy (non-hydrogen) atoms. The molecule has 1 aromatic heterocycles. The van der Waals surface area contributed by atoms with Crippen LogP contribution in [-0.4, -0.2) is 28.2 Å². The van der Waals surface area contributed by atoms with E-state index >= 15 is 0 Å². The summed E-state index contributed by atoms with van der Waals surface area (Å²) >= 11 is 0. The predicted octanol–water partition coefficient (Wildman–Crippen LogP) is 1.72. The fourth-order valence-corrected chi connectivity index (χ4v) is 2.33. The first kappa shape index (κ1) is 14.0. The number of aryl methyl sites for hydroxylation is 1. The van der Waals surface area contributed by atoms with Gasteiger partial charge in [0.1, 0.15) is 11.6 Å². The Hall–Kier alpha value is -2.42. The maximum Gasteiger partial charge on any atom is 0.337 e. The van der Waals surface area contributed by atoms with Crippen molar-refractivity contribution in [2.45, 2.75) is 31.6 Å². The Morgan fingerprint density at radius 2 is 2.15 bits per heavy atom. The number of ether oxygens (including phenoxy) is 1. The van der Waals surface area contributed by atoms with E-state index in [-0.39, 0.29) is 24.2 Å². The monoisotopic (exact) mass is 273 g/mol. The highest BCUT2D eigenvalue weighted by Gasteiger charge is 2.40. The molecule has 1 aliphatic carbocycles. The fraction of sp³-hybridized carbons (Fsp3) is 0.429. The molecule has 0 aliphatic heterocycles. The standard InChI is InChI=1S/C14H15N3O3/c1-9-16-6-10(7-17-9)14(8-15)4-3-12(18)11(5-14)13(19)20-2/h6-7,18H,3-5H2,1-2H3. The van der Waals surface area contributed by atoms with Crippen LogP contribution in [0.2, 0.25) is 0 Å². The van der Waals surface area contributed by atoms with Gasteiger partial charge in [-0.25, -0.2) is 14.8 Å². The zero-order chi connectivity index (χ0) is 14.8. The molecule has 0 aromatic carbocycles. The third kappa shape index (κ3) is 2.35. The molecule has 0 spiro atoms. The molecule has 0 bridgehead atoms. The van der Waals surface area contributed by atoms with Crippen molar-refractivity contribution >= 4 is 5.97 Å². The molecule has 1 heterocycles. The lowest BCUT2D eigenvalue weighted by atomic mass is 9.70. The van der Waals surface area contributed by atoms with Gasteiger partial charge >= 0.3 is 5.97 Å². The summed E-state index contributed by atoms with van der Waals surface area (Å²) in [5, 5.41) is 19.4. The highest BCUT2D eigenvalue weighted by molar-refractivity contribution is 5.89. The summed E-state index contributed by atoms with van der Waals surface area (Å²) in [5.74, 6) is 0.00911. The minimum Gasteiger partial charge on any atom is -0.512 e. The molecule has 2 rings (SSSR count). The Morgan fingerprint density at radius 1 is 1.50 bits per heavy atom. The Bertz CT molecular complexity index is 601. The molecule has 0 saturated heterocycles. The summed E-state index contributed by atoms with van der Waals surface area (Å²) in [6.45, 7) is 1.76. The number of methoxy groups -OCH3 is 1. The molecular weight excluding hydrogens is 258 g/mol. The summed E-state index contributed by atoms with van der Waals surface area (Å²) in [5.41, 5.74) is -0.0934. The SMILES string of the molecule is COC(=O)C1=C(O)CCC(C#N)(c2cnc(C)nc2)C1. The smallest absolute Gasteiger partial charge is 0.337 e. The molecule has 6 nitrogen and oxygen atoms in total. The second-order valence-corrected chi connectivity index (χ2v) is 4.81.